The number of carbonyl (C=O) groups is 1. The van der Waals surface area contributed by atoms with E-state index in [2.05, 4.69) is 43.0 Å². The summed E-state index contributed by atoms with van der Waals surface area (Å²) in [7, 11) is -5.59. The molecule has 182 valence electrons. The van der Waals surface area contributed by atoms with Gasteiger partial charge in [-0.25, -0.2) is 14.2 Å². The molecule has 0 radical (unpaired) electrons. The molecule has 0 saturated carbocycles. The average Bonchev–Trinajstić information content (AvgIpc) is 3.30. The molecule has 2 aromatic rings. The topological polar surface area (TPSA) is 100.0 Å². The standard InChI is InChI=1S/C21H30FN3O6SSi/c1-21(2,3)33(5,6)30-12-15-10-24(14-23-15)19-8-7-16(9-18(19)22)25-11-17(31-20(25)26)13-29-32(4,27)28/h7-10,14,17H,11-13H2,1-6H3/t17-/m1/s1. The average molecular weight is 500 g/mol. The van der Waals surface area contributed by atoms with Gasteiger partial charge in [0.1, 0.15) is 18.5 Å². The van der Waals surface area contributed by atoms with E-state index >= 15 is 0 Å². The Morgan fingerprint density at radius 1 is 1.30 bits per heavy atom. The van der Waals surface area contributed by atoms with Gasteiger partial charge in [0.2, 0.25) is 0 Å². The van der Waals surface area contributed by atoms with Crippen molar-refractivity contribution in [3.8, 4) is 5.69 Å². The lowest BCUT2D eigenvalue weighted by Gasteiger charge is -2.35. The highest BCUT2D eigenvalue weighted by Crippen LogP contribution is 2.37. The number of ether oxygens (including phenoxy) is 1. The normalized spacial score (nSPS) is 17.5. The van der Waals surface area contributed by atoms with Gasteiger partial charge in [0, 0.05) is 6.20 Å². The van der Waals surface area contributed by atoms with Crippen molar-refractivity contribution in [1.82, 2.24) is 9.55 Å². The Morgan fingerprint density at radius 2 is 2.00 bits per heavy atom. The van der Waals surface area contributed by atoms with Crippen molar-refractivity contribution in [2.45, 2.75) is 51.6 Å². The fraction of sp³-hybridized carbons (Fsp3) is 0.524. The van der Waals surface area contributed by atoms with Crippen LogP contribution < -0.4 is 4.90 Å². The summed E-state index contributed by atoms with van der Waals surface area (Å²) in [6.45, 7) is 10.9. The van der Waals surface area contributed by atoms with Crippen LogP contribution in [-0.2, 0) is 30.1 Å². The number of amides is 1. The quantitative estimate of drug-likeness (QED) is 0.402. The summed E-state index contributed by atoms with van der Waals surface area (Å²) < 4.78 is 54.7. The summed E-state index contributed by atoms with van der Waals surface area (Å²) in [6, 6.07) is 4.35. The van der Waals surface area contributed by atoms with E-state index in [1.165, 1.54) is 17.3 Å². The van der Waals surface area contributed by atoms with Crippen LogP contribution in [0.4, 0.5) is 14.9 Å². The van der Waals surface area contributed by atoms with Gasteiger partial charge in [0.25, 0.3) is 10.1 Å². The molecule has 0 unspecified atom stereocenters. The monoisotopic (exact) mass is 499 g/mol. The summed E-state index contributed by atoms with van der Waals surface area (Å²) >= 11 is 0. The van der Waals surface area contributed by atoms with Crippen molar-refractivity contribution in [3.05, 3.63) is 42.2 Å². The molecule has 1 fully saturated rings. The maximum atomic E-state index is 14.9. The first-order valence-electron chi connectivity index (χ1n) is 10.5. The first-order chi connectivity index (χ1) is 15.2. The summed E-state index contributed by atoms with van der Waals surface area (Å²) in [4.78, 5) is 17.7. The van der Waals surface area contributed by atoms with Gasteiger partial charge in [-0.2, -0.15) is 8.42 Å². The third kappa shape index (κ3) is 6.19. The molecule has 1 saturated heterocycles. The van der Waals surface area contributed by atoms with E-state index in [1.54, 1.807) is 22.9 Å². The lowest BCUT2D eigenvalue weighted by atomic mass is 10.2. The van der Waals surface area contributed by atoms with E-state index in [0.717, 1.165) is 6.26 Å². The number of benzene rings is 1. The molecule has 9 nitrogen and oxygen atoms in total. The molecule has 1 aromatic heterocycles. The van der Waals surface area contributed by atoms with Gasteiger partial charge in [-0.3, -0.25) is 9.08 Å². The third-order valence-corrected chi connectivity index (χ3v) is 10.9. The molecule has 1 aromatic carbocycles. The van der Waals surface area contributed by atoms with Crippen molar-refractivity contribution in [3.63, 3.8) is 0 Å². The number of imidazole rings is 1. The van der Waals surface area contributed by atoms with Crippen LogP contribution in [0.3, 0.4) is 0 Å². The summed E-state index contributed by atoms with van der Waals surface area (Å²) in [5, 5.41) is 0.0736. The van der Waals surface area contributed by atoms with Gasteiger partial charge >= 0.3 is 6.09 Å². The third-order valence-electron chi connectivity index (χ3n) is 5.89. The van der Waals surface area contributed by atoms with Crippen molar-refractivity contribution >= 4 is 30.2 Å². The second-order valence-corrected chi connectivity index (χ2v) is 16.0. The van der Waals surface area contributed by atoms with E-state index in [1.807, 2.05) is 0 Å². The van der Waals surface area contributed by atoms with Gasteiger partial charge in [-0.05, 0) is 36.3 Å². The lowest BCUT2D eigenvalue weighted by molar-refractivity contribution is 0.107. The second-order valence-electron chi connectivity index (χ2n) is 9.56. The zero-order chi connectivity index (χ0) is 24.6. The Labute approximate surface area is 194 Å². The van der Waals surface area contributed by atoms with E-state index in [0.29, 0.717) is 18.0 Å². The lowest BCUT2D eigenvalue weighted by Crippen LogP contribution is -2.40. The Hall–Kier alpha value is -2.28. The summed E-state index contributed by atoms with van der Waals surface area (Å²) in [5.41, 5.74) is 1.26. The second kappa shape index (κ2) is 9.16. The number of hydrogen-bond acceptors (Lipinski definition) is 7. The first kappa shape index (κ1) is 25.3. The molecule has 1 aliphatic heterocycles. The Bertz CT molecular complexity index is 1130. The van der Waals surface area contributed by atoms with Gasteiger partial charge in [0.15, 0.2) is 8.32 Å². The minimum atomic E-state index is -3.66. The molecule has 0 spiro atoms. The number of hydrogen-bond donors (Lipinski definition) is 0. The number of nitrogens with zero attached hydrogens (tertiary/aromatic N) is 3. The number of rotatable bonds is 8. The molecule has 1 aliphatic rings. The molecular weight excluding hydrogens is 469 g/mol. The molecule has 1 atom stereocenters. The fourth-order valence-corrected chi connectivity index (χ4v) is 4.27. The van der Waals surface area contributed by atoms with Gasteiger partial charge in [0.05, 0.1) is 42.8 Å². The highest BCUT2D eigenvalue weighted by atomic mass is 32.2. The van der Waals surface area contributed by atoms with Crippen LogP contribution in [0.25, 0.3) is 5.69 Å². The van der Waals surface area contributed by atoms with Crippen LogP contribution in [0, 0.1) is 5.82 Å². The largest absolute Gasteiger partial charge is 0.441 e. The van der Waals surface area contributed by atoms with Gasteiger partial charge < -0.3 is 13.7 Å². The number of carbonyl (C=O) groups excluding carboxylic acids is 1. The molecule has 1 amide bonds. The van der Waals surface area contributed by atoms with Crippen LogP contribution >= 0.6 is 0 Å². The van der Waals surface area contributed by atoms with Crippen LogP contribution in [0.15, 0.2) is 30.7 Å². The number of halogens is 1. The first-order valence-corrected chi connectivity index (χ1v) is 15.2. The molecule has 2 heterocycles. The van der Waals surface area contributed by atoms with E-state index < -0.39 is 36.4 Å². The van der Waals surface area contributed by atoms with Gasteiger partial charge in [-0.1, -0.05) is 20.8 Å². The number of aromatic nitrogens is 2. The number of anilines is 1. The number of cyclic esters (lactones) is 1. The predicted octanol–water partition coefficient (Wildman–Crippen LogP) is 3.83. The van der Waals surface area contributed by atoms with Crippen molar-refractivity contribution in [1.29, 1.82) is 0 Å². The zero-order valence-electron chi connectivity index (χ0n) is 19.7. The Morgan fingerprint density at radius 3 is 2.61 bits per heavy atom. The SMILES string of the molecule is CC(C)(C)[Si](C)(C)OCc1cn(-c2ccc(N3C[C@H](COS(C)(=O)=O)OC3=O)cc2F)cn1. The minimum absolute atomic E-state index is 0.0488. The van der Waals surface area contributed by atoms with Crippen LogP contribution in [0.1, 0.15) is 26.5 Å². The highest BCUT2D eigenvalue weighted by Gasteiger charge is 2.37. The van der Waals surface area contributed by atoms with Gasteiger partial charge in [-0.15, -0.1) is 0 Å². The molecular formula is C21H30FN3O6SSi. The Kier molecular flexibility index (Phi) is 7.04. The van der Waals surface area contributed by atoms with E-state index in [9.17, 15) is 17.6 Å². The molecule has 0 bridgehead atoms. The van der Waals surface area contributed by atoms with Crippen LogP contribution in [0.5, 0.6) is 0 Å². The van der Waals surface area contributed by atoms with E-state index in [4.69, 9.17) is 9.16 Å². The molecule has 0 aliphatic carbocycles. The summed E-state index contributed by atoms with van der Waals surface area (Å²) in [6.07, 6.45) is 2.68. The maximum absolute atomic E-state index is 14.9. The molecule has 3 rings (SSSR count). The molecule has 0 N–H and O–H groups in total. The molecule has 33 heavy (non-hydrogen) atoms. The minimum Gasteiger partial charge on any atom is -0.441 e. The molecule has 12 heteroatoms. The van der Waals surface area contributed by atoms with Crippen molar-refractivity contribution < 1.29 is 30.9 Å². The van der Waals surface area contributed by atoms with Crippen LogP contribution in [0.2, 0.25) is 18.1 Å². The van der Waals surface area contributed by atoms with Crippen molar-refractivity contribution in [2.75, 3.05) is 24.3 Å². The zero-order valence-corrected chi connectivity index (χ0v) is 21.5. The smallest absolute Gasteiger partial charge is 0.414 e. The van der Waals surface area contributed by atoms with Crippen molar-refractivity contribution in [2.24, 2.45) is 0 Å². The maximum Gasteiger partial charge on any atom is 0.414 e. The summed E-state index contributed by atoms with van der Waals surface area (Å²) in [5.74, 6) is -0.551. The van der Waals surface area contributed by atoms with Crippen LogP contribution in [-0.4, -0.2) is 57.9 Å². The fourth-order valence-electron chi connectivity index (χ4n) is 2.93. The Balaban J connectivity index is 1.69. The van der Waals surface area contributed by atoms with E-state index in [-0.39, 0.29) is 23.9 Å². The highest BCUT2D eigenvalue weighted by molar-refractivity contribution is 7.85. The predicted molar refractivity (Wildman–Crippen MR) is 124 cm³/mol.